The van der Waals surface area contributed by atoms with Crippen LogP contribution in [0, 0.1) is 6.92 Å². The van der Waals surface area contributed by atoms with Crippen molar-refractivity contribution in [2.75, 3.05) is 0 Å². The van der Waals surface area contributed by atoms with Crippen LogP contribution >= 0.6 is 0 Å². The summed E-state index contributed by atoms with van der Waals surface area (Å²) in [5.74, 6) is 2.44. The van der Waals surface area contributed by atoms with Crippen molar-refractivity contribution in [3.63, 3.8) is 0 Å². The van der Waals surface area contributed by atoms with Gasteiger partial charge in [-0.25, -0.2) is 0 Å². The number of hydrogen-bond donors (Lipinski definition) is 1. The molecule has 3 aromatic heterocycles. The summed E-state index contributed by atoms with van der Waals surface area (Å²) in [6, 6.07) is 10.9. The number of nitrogens with zero attached hydrogens (tertiary/aromatic N) is 5. The summed E-state index contributed by atoms with van der Waals surface area (Å²) in [5.41, 5.74) is 1.35. The Hall–Kier alpha value is -3.95. The summed E-state index contributed by atoms with van der Waals surface area (Å²) in [6.45, 7) is 3.74. The topological polar surface area (TPSA) is 117 Å². The second kappa shape index (κ2) is 7.14. The van der Waals surface area contributed by atoms with E-state index < -0.39 is 12.2 Å². The van der Waals surface area contributed by atoms with Crippen molar-refractivity contribution >= 4 is 11.6 Å². The van der Waals surface area contributed by atoms with E-state index in [-0.39, 0.29) is 12.5 Å². The van der Waals surface area contributed by atoms with Gasteiger partial charge in [0.05, 0.1) is 6.54 Å². The van der Waals surface area contributed by atoms with E-state index in [0.717, 1.165) is 5.56 Å². The van der Waals surface area contributed by atoms with Gasteiger partial charge in [-0.05, 0) is 38.1 Å². The average molecular weight is 406 g/mol. The molecule has 30 heavy (non-hydrogen) atoms. The van der Waals surface area contributed by atoms with Gasteiger partial charge >= 0.3 is 0 Å². The minimum absolute atomic E-state index is 0.188. The average Bonchev–Trinajstić information content (AvgIpc) is 3.37. The number of benzene rings is 1. The number of hydrogen-bond acceptors (Lipinski definition) is 8. The van der Waals surface area contributed by atoms with Gasteiger partial charge in [-0.2, -0.15) is 4.98 Å². The first-order chi connectivity index (χ1) is 14.6. The summed E-state index contributed by atoms with van der Waals surface area (Å²) in [7, 11) is 0. The lowest BCUT2D eigenvalue weighted by molar-refractivity contribution is -0.133. The molecule has 152 valence electrons. The molecule has 4 heterocycles. The molecule has 1 aromatic carbocycles. The zero-order chi connectivity index (χ0) is 20.7. The van der Waals surface area contributed by atoms with Crippen molar-refractivity contribution in [2.45, 2.75) is 32.6 Å². The third-order valence-corrected chi connectivity index (χ3v) is 4.78. The standard InChI is InChI=1S/C20H18N6O4/c1-11-18(29-15-6-4-3-5-14(15)28-11)19(27)21-10-17-24-23-16-9-13(7-8-26(16)17)20-22-12(2)25-30-20/h3-9,11,18H,10H2,1-2H3,(H,21,27)/t11-,18+/m0/s1. The van der Waals surface area contributed by atoms with Crippen LogP contribution in [0.5, 0.6) is 11.5 Å². The highest BCUT2D eigenvalue weighted by Gasteiger charge is 2.34. The molecule has 10 nitrogen and oxygen atoms in total. The second-order valence-corrected chi connectivity index (χ2v) is 6.93. The zero-order valence-corrected chi connectivity index (χ0v) is 16.3. The van der Waals surface area contributed by atoms with Gasteiger partial charge in [0.1, 0.15) is 6.10 Å². The highest BCUT2D eigenvalue weighted by Crippen LogP contribution is 2.33. The van der Waals surface area contributed by atoms with Gasteiger partial charge in [0, 0.05) is 11.8 Å². The van der Waals surface area contributed by atoms with Gasteiger partial charge < -0.3 is 19.3 Å². The van der Waals surface area contributed by atoms with Crippen molar-refractivity contribution in [1.29, 1.82) is 0 Å². The van der Waals surface area contributed by atoms with Crippen LogP contribution in [0.3, 0.4) is 0 Å². The maximum absolute atomic E-state index is 12.7. The van der Waals surface area contributed by atoms with E-state index in [9.17, 15) is 4.79 Å². The van der Waals surface area contributed by atoms with E-state index in [1.54, 1.807) is 36.6 Å². The number of carbonyl (C=O) groups excluding carboxylic acids is 1. The number of aromatic nitrogens is 5. The normalized spacial score (nSPS) is 17.8. The van der Waals surface area contributed by atoms with E-state index in [1.165, 1.54) is 0 Å². The number of ether oxygens (including phenoxy) is 2. The van der Waals surface area contributed by atoms with Crippen LogP contribution in [0.15, 0.2) is 47.1 Å². The first-order valence-corrected chi connectivity index (χ1v) is 9.43. The fourth-order valence-corrected chi connectivity index (χ4v) is 3.28. The van der Waals surface area contributed by atoms with Crippen molar-refractivity contribution < 1.29 is 18.8 Å². The lowest BCUT2D eigenvalue weighted by Gasteiger charge is -2.30. The summed E-state index contributed by atoms with van der Waals surface area (Å²) in [6.07, 6.45) is 0.618. The Morgan fingerprint density at radius 1 is 1.17 bits per heavy atom. The Balaban J connectivity index is 1.30. The van der Waals surface area contributed by atoms with Crippen LogP contribution in [0.1, 0.15) is 18.6 Å². The van der Waals surface area contributed by atoms with Gasteiger partial charge in [0.2, 0.25) is 6.10 Å². The summed E-state index contributed by atoms with van der Waals surface area (Å²) < 4.78 is 18.6. The first-order valence-electron chi connectivity index (χ1n) is 9.43. The molecule has 0 fully saturated rings. The number of nitrogens with one attached hydrogen (secondary N) is 1. The van der Waals surface area contributed by atoms with Crippen LogP contribution in [0.4, 0.5) is 0 Å². The highest BCUT2D eigenvalue weighted by molar-refractivity contribution is 5.82. The molecule has 0 saturated heterocycles. The van der Waals surface area contributed by atoms with E-state index in [1.807, 2.05) is 24.3 Å². The van der Waals surface area contributed by atoms with Gasteiger partial charge in [-0.1, -0.05) is 17.3 Å². The maximum Gasteiger partial charge on any atom is 0.265 e. The van der Waals surface area contributed by atoms with E-state index in [0.29, 0.717) is 34.7 Å². The van der Waals surface area contributed by atoms with Crippen LogP contribution in [-0.4, -0.2) is 42.9 Å². The highest BCUT2D eigenvalue weighted by atomic mass is 16.6. The van der Waals surface area contributed by atoms with Crippen molar-refractivity contribution in [3.05, 3.63) is 54.2 Å². The fourth-order valence-electron chi connectivity index (χ4n) is 3.28. The largest absolute Gasteiger partial charge is 0.482 e. The molecule has 0 saturated carbocycles. The van der Waals surface area contributed by atoms with Crippen LogP contribution in [0.2, 0.25) is 0 Å². The zero-order valence-electron chi connectivity index (χ0n) is 16.3. The number of rotatable bonds is 4. The molecule has 1 N–H and O–H groups in total. The Labute approximate surface area is 170 Å². The fraction of sp³-hybridized carbons (Fsp3) is 0.250. The quantitative estimate of drug-likeness (QED) is 0.546. The molecule has 1 aliphatic heterocycles. The molecule has 1 aliphatic rings. The lowest BCUT2D eigenvalue weighted by Crippen LogP contribution is -2.48. The Morgan fingerprint density at radius 3 is 2.73 bits per heavy atom. The molecular formula is C20H18N6O4. The van der Waals surface area contributed by atoms with Crippen molar-refractivity contribution in [3.8, 4) is 23.0 Å². The molecule has 2 atom stereocenters. The molecule has 0 spiro atoms. The maximum atomic E-state index is 12.7. The minimum atomic E-state index is -0.758. The number of amides is 1. The molecule has 0 radical (unpaired) electrons. The van der Waals surface area contributed by atoms with Gasteiger partial charge in [0.15, 0.2) is 28.8 Å². The monoisotopic (exact) mass is 406 g/mol. The summed E-state index contributed by atoms with van der Waals surface area (Å²) in [4.78, 5) is 16.9. The molecule has 4 aromatic rings. The third-order valence-electron chi connectivity index (χ3n) is 4.78. The minimum Gasteiger partial charge on any atom is -0.482 e. The number of fused-ring (bicyclic) bond motifs is 2. The van der Waals surface area contributed by atoms with Gasteiger partial charge in [0.25, 0.3) is 11.8 Å². The second-order valence-electron chi connectivity index (χ2n) is 6.93. The van der Waals surface area contributed by atoms with Crippen LogP contribution in [-0.2, 0) is 11.3 Å². The van der Waals surface area contributed by atoms with E-state index in [4.69, 9.17) is 14.0 Å². The first kappa shape index (κ1) is 18.1. The molecule has 1 amide bonds. The Morgan fingerprint density at radius 2 is 1.97 bits per heavy atom. The molecule has 0 aliphatic carbocycles. The number of carbonyl (C=O) groups is 1. The summed E-state index contributed by atoms with van der Waals surface area (Å²) in [5, 5.41) is 15.0. The number of pyridine rings is 1. The Bertz CT molecular complexity index is 1230. The SMILES string of the molecule is Cc1noc(-c2ccn3c(CNC(=O)[C@@H]4Oc5ccccc5O[C@H]4C)nnc3c2)n1. The van der Waals surface area contributed by atoms with Crippen LogP contribution in [0.25, 0.3) is 17.1 Å². The van der Waals surface area contributed by atoms with Gasteiger partial charge in [-0.3, -0.25) is 9.20 Å². The number of para-hydroxylation sites is 2. The molecule has 0 unspecified atom stereocenters. The lowest BCUT2D eigenvalue weighted by atomic mass is 10.1. The Kier molecular flexibility index (Phi) is 4.31. The van der Waals surface area contributed by atoms with Crippen molar-refractivity contribution in [1.82, 2.24) is 30.1 Å². The van der Waals surface area contributed by atoms with E-state index >= 15 is 0 Å². The smallest absolute Gasteiger partial charge is 0.265 e. The van der Waals surface area contributed by atoms with Gasteiger partial charge in [-0.15, -0.1) is 10.2 Å². The molecular weight excluding hydrogens is 388 g/mol. The third kappa shape index (κ3) is 3.21. The molecule has 10 heteroatoms. The predicted molar refractivity (Wildman–Crippen MR) is 104 cm³/mol. The van der Waals surface area contributed by atoms with Crippen molar-refractivity contribution in [2.24, 2.45) is 0 Å². The number of aryl methyl sites for hydroxylation is 1. The summed E-state index contributed by atoms with van der Waals surface area (Å²) >= 11 is 0. The van der Waals surface area contributed by atoms with Crippen LogP contribution < -0.4 is 14.8 Å². The predicted octanol–water partition coefficient (Wildman–Crippen LogP) is 1.93. The molecule has 5 rings (SSSR count). The van der Waals surface area contributed by atoms with E-state index in [2.05, 4.69) is 25.7 Å². The molecule has 0 bridgehead atoms.